The Morgan fingerprint density at radius 1 is 1.50 bits per heavy atom. The standard InChI is InChI=1S/C14H16F3N3O2S2/c1-23-5-4-9(18)12(21)20-13-19-10-3-2-8(6-11(10)24-13)22-7-14(15,16)17/h2-3,6,9H,4-5,7,18H2,1H3,(H,19,20,21)/t9-/m0/s1. The molecule has 2 rings (SSSR count). The number of thiazole rings is 1. The first-order valence-electron chi connectivity index (χ1n) is 6.94. The van der Waals surface area contributed by atoms with Crippen LogP contribution in [0.3, 0.4) is 0 Å². The maximum absolute atomic E-state index is 12.2. The Morgan fingerprint density at radius 2 is 2.25 bits per heavy atom. The van der Waals surface area contributed by atoms with Crippen molar-refractivity contribution in [2.75, 3.05) is 23.9 Å². The zero-order valence-electron chi connectivity index (χ0n) is 12.7. The Bertz CT molecular complexity index is 706. The molecule has 10 heteroatoms. The van der Waals surface area contributed by atoms with E-state index in [4.69, 9.17) is 10.5 Å². The van der Waals surface area contributed by atoms with Gasteiger partial charge in [-0.1, -0.05) is 11.3 Å². The molecule has 0 radical (unpaired) electrons. The van der Waals surface area contributed by atoms with Gasteiger partial charge >= 0.3 is 6.18 Å². The number of carbonyl (C=O) groups excluding carboxylic acids is 1. The van der Waals surface area contributed by atoms with E-state index in [-0.39, 0.29) is 11.7 Å². The molecule has 1 aromatic carbocycles. The SMILES string of the molecule is CSCC[C@H](N)C(=O)Nc1nc2ccc(OCC(F)(F)F)cc2s1. The number of hydrogen-bond donors (Lipinski definition) is 2. The van der Waals surface area contributed by atoms with Crippen molar-refractivity contribution in [1.82, 2.24) is 4.98 Å². The lowest BCUT2D eigenvalue weighted by atomic mass is 10.2. The number of alkyl halides is 3. The van der Waals surface area contributed by atoms with Crippen molar-refractivity contribution in [3.63, 3.8) is 0 Å². The fraction of sp³-hybridized carbons (Fsp3) is 0.429. The molecule has 0 saturated heterocycles. The van der Waals surface area contributed by atoms with E-state index in [2.05, 4.69) is 10.3 Å². The average Bonchev–Trinajstić information content (AvgIpc) is 2.91. The minimum atomic E-state index is -4.39. The monoisotopic (exact) mass is 379 g/mol. The fourth-order valence-corrected chi connectivity index (χ4v) is 3.17. The molecule has 0 unspecified atom stereocenters. The summed E-state index contributed by atoms with van der Waals surface area (Å²) < 4.78 is 41.8. The number of nitrogens with two attached hydrogens (primary N) is 1. The van der Waals surface area contributed by atoms with Crippen molar-refractivity contribution in [3.8, 4) is 5.75 Å². The number of halogens is 3. The van der Waals surface area contributed by atoms with E-state index in [1.165, 1.54) is 12.1 Å². The minimum absolute atomic E-state index is 0.0954. The first-order valence-corrected chi connectivity index (χ1v) is 9.15. The normalized spacial score (nSPS) is 13.0. The molecule has 0 bridgehead atoms. The van der Waals surface area contributed by atoms with Crippen LogP contribution in [-0.4, -0.2) is 41.7 Å². The van der Waals surface area contributed by atoms with E-state index >= 15 is 0 Å². The maximum atomic E-state index is 12.2. The van der Waals surface area contributed by atoms with E-state index in [1.54, 1.807) is 17.8 Å². The molecular formula is C14H16F3N3O2S2. The van der Waals surface area contributed by atoms with Crippen LogP contribution in [0.4, 0.5) is 18.3 Å². The Morgan fingerprint density at radius 3 is 2.92 bits per heavy atom. The molecule has 0 saturated carbocycles. The highest BCUT2D eigenvalue weighted by Crippen LogP contribution is 2.30. The Kier molecular flexibility index (Phi) is 6.30. The predicted octanol–water partition coefficient (Wildman–Crippen LogP) is 3.26. The summed E-state index contributed by atoms with van der Waals surface area (Å²) in [6.45, 7) is -1.36. The first kappa shape index (κ1) is 18.8. The molecule has 0 aliphatic carbocycles. The second-order valence-corrected chi connectivity index (χ2v) is 6.95. The van der Waals surface area contributed by atoms with Gasteiger partial charge in [-0.15, -0.1) is 0 Å². The summed E-state index contributed by atoms with van der Waals surface area (Å²) in [5.74, 6) is 0.531. The van der Waals surface area contributed by atoms with Crippen molar-refractivity contribution in [2.45, 2.75) is 18.6 Å². The lowest BCUT2D eigenvalue weighted by molar-refractivity contribution is -0.153. The van der Waals surface area contributed by atoms with Crippen LogP contribution in [-0.2, 0) is 4.79 Å². The number of thioether (sulfide) groups is 1. The number of fused-ring (bicyclic) bond motifs is 1. The summed E-state index contributed by atoms with van der Waals surface area (Å²) in [6.07, 6.45) is -1.92. The molecule has 1 aromatic heterocycles. The number of carbonyl (C=O) groups is 1. The third-order valence-electron chi connectivity index (χ3n) is 2.96. The van der Waals surface area contributed by atoms with E-state index in [0.717, 1.165) is 17.1 Å². The number of amides is 1. The van der Waals surface area contributed by atoms with Gasteiger partial charge in [0.25, 0.3) is 0 Å². The number of anilines is 1. The topological polar surface area (TPSA) is 77.2 Å². The highest BCUT2D eigenvalue weighted by atomic mass is 32.2. The van der Waals surface area contributed by atoms with Gasteiger partial charge < -0.3 is 15.8 Å². The lowest BCUT2D eigenvalue weighted by Crippen LogP contribution is -2.36. The summed E-state index contributed by atoms with van der Waals surface area (Å²) in [4.78, 5) is 16.2. The van der Waals surface area contributed by atoms with Gasteiger partial charge in [0.1, 0.15) is 5.75 Å². The van der Waals surface area contributed by atoms with Crippen LogP contribution in [0.5, 0.6) is 5.75 Å². The number of rotatable bonds is 7. The van der Waals surface area contributed by atoms with Crippen LogP contribution in [0.15, 0.2) is 18.2 Å². The Balaban J connectivity index is 2.04. The largest absolute Gasteiger partial charge is 0.484 e. The molecule has 5 nitrogen and oxygen atoms in total. The van der Waals surface area contributed by atoms with Gasteiger partial charge in [-0.05, 0) is 36.6 Å². The quantitative estimate of drug-likeness (QED) is 0.772. The Hall–Kier alpha value is -1.52. The molecular weight excluding hydrogens is 363 g/mol. The van der Waals surface area contributed by atoms with Crippen LogP contribution in [0.1, 0.15) is 6.42 Å². The average molecular weight is 379 g/mol. The maximum Gasteiger partial charge on any atom is 0.422 e. The fourth-order valence-electron chi connectivity index (χ4n) is 1.79. The highest BCUT2D eigenvalue weighted by Gasteiger charge is 2.28. The summed E-state index contributed by atoms with van der Waals surface area (Å²) >= 11 is 2.75. The van der Waals surface area contributed by atoms with Crippen LogP contribution in [0.2, 0.25) is 0 Å². The Labute approximate surface area is 144 Å². The van der Waals surface area contributed by atoms with E-state index in [0.29, 0.717) is 21.8 Å². The minimum Gasteiger partial charge on any atom is -0.484 e. The van der Waals surface area contributed by atoms with Crippen molar-refractivity contribution in [1.29, 1.82) is 0 Å². The van der Waals surface area contributed by atoms with Crippen LogP contribution >= 0.6 is 23.1 Å². The number of nitrogens with one attached hydrogen (secondary N) is 1. The summed E-state index contributed by atoms with van der Waals surface area (Å²) in [5.41, 5.74) is 6.34. The zero-order valence-corrected chi connectivity index (χ0v) is 14.4. The number of hydrogen-bond acceptors (Lipinski definition) is 6. The molecule has 3 N–H and O–H groups in total. The smallest absolute Gasteiger partial charge is 0.422 e. The second-order valence-electron chi connectivity index (χ2n) is 4.93. The van der Waals surface area contributed by atoms with Gasteiger partial charge in [0.15, 0.2) is 11.7 Å². The third kappa shape index (κ3) is 5.53. The molecule has 0 spiro atoms. The van der Waals surface area contributed by atoms with Crippen LogP contribution in [0, 0.1) is 0 Å². The van der Waals surface area contributed by atoms with E-state index in [9.17, 15) is 18.0 Å². The predicted molar refractivity (Wildman–Crippen MR) is 90.8 cm³/mol. The van der Waals surface area contributed by atoms with Crippen molar-refractivity contribution in [2.24, 2.45) is 5.73 Å². The molecule has 1 amide bonds. The van der Waals surface area contributed by atoms with Crippen LogP contribution < -0.4 is 15.8 Å². The molecule has 0 fully saturated rings. The second kappa shape index (κ2) is 8.04. The highest BCUT2D eigenvalue weighted by molar-refractivity contribution is 7.98. The zero-order chi connectivity index (χ0) is 17.7. The van der Waals surface area contributed by atoms with E-state index < -0.39 is 18.8 Å². The summed E-state index contributed by atoms with van der Waals surface area (Å²) in [5, 5.41) is 2.98. The van der Waals surface area contributed by atoms with Gasteiger partial charge in [-0.3, -0.25) is 4.79 Å². The number of nitrogens with zero attached hydrogens (tertiary/aromatic N) is 1. The molecule has 1 heterocycles. The first-order chi connectivity index (χ1) is 11.3. The summed E-state index contributed by atoms with van der Waals surface area (Å²) in [7, 11) is 0. The van der Waals surface area contributed by atoms with E-state index in [1.807, 2.05) is 6.26 Å². The molecule has 0 aliphatic rings. The van der Waals surface area contributed by atoms with Crippen molar-refractivity contribution < 1.29 is 22.7 Å². The number of benzene rings is 1. The van der Waals surface area contributed by atoms with Gasteiger partial charge in [-0.25, -0.2) is 4.98 Å². The molecule has 2 aromatic rings. The molecule has 0 aliphatic heterocycles. The third-order valence-corrected chi connectivity index (χ3v) is 4.54. The molecule has 132 valence electrons. The van der Waals surface area contributed by atoms with Gasteiger partial charge in [0, 0.05) is 0 Å². The van der Waals surface area contributed by atoms with Gasteiger partial charge in [0.2, 0.25) is 5.91 Å². The molecule has 24 heavy (non-hydrogen) atoms. The van der Waals surface area contributed by atoms with Crippen molar-refractivity contribution >= 4 is 44.4 Å². The number of ether oxygens (including phenoxy) is 1. The lowest BCUT2D eigenvalue weighted by Gasteiger charge is -2.09. The van der Waals surface area contributed by atoms with Crippen LogP contribution in [0.25, 0.3) is 10.2 Å². The van der Waals surface area contributed by atoms with Crippen molar-refractivity contribution in [3.05, 3.63) is 18.2 Å². The van der Waals surface area contributed by atoms with Gasteiger partial charge in [0.05, 0.1) is 16.3 Å². The molecule has 1 atom stereocenters. The summed E-state index contributed by atoms with van der Waals surface area (Å²) in [6, 6.07) is 3.78. The number of aromatic nitrogens is 1. The van der Waals surface area contributed by atoms with Gasteiger partial charge in [-0.2, -0.15) is 24.9 Å².